The minimum absolute atomic E-state index is 0.150. The van der Waals surface area contributed by atoms with Gasteiger partial charge < -0.3 is 10.4 Å². The molecule has 100 valence electrons. The molecule has 1 aromatic carbocycles. The smallest absolute Gasteiger partial charge is 0.0852 e. The van der Waals surface area contributed by atoms with Crippen LogP contribution >= 0.6 is 0 Å². The van der Waals surface area contributed by atoms with Crippen molar-refractivity contribution in [1.82, 2.24) is 5.32 Å². The number of aliphatic hydroxyl groups excluding tert-OH is 1. The number of nitriles is 1. The van der Waals surface area contributed by atoms with Crippen molar-refractivity contribution >= 4 is 0 Å². The van der Waals surface area contributed by atoms with Crippen LogP contribution in [0.1, 0.15) is 31.2 Å². The minimum atomic E-state index is -0.297. The summed E-state index contributed by atoms with van der Waals surface area (Å²) < 4.78 is 0. The highest BCUT2D eigenvalue weighted by Gasteiger charge is 2.48. The first-order valence-electron chi connectivity index (χ1n) is 7.03. The Morgan fingerprint density at radius 2 is 1.95 bits per heavy atom. The standard InChI is InChI=1S/C16H20N2O/c17-10-16(13-4-2-1-3-5-13)8-14(9-16)18-11-15(12-19)6-7-15/h1-5,14,18-19H,6-9,11-12H2. The van der Waals surface area contributed by atoms with Crippen LogP contribution in [-0.4, -0.2) is 24.3 Å². The topological polar surface area (TPSA) is 56.0 Å². The third-order valence-electron chi connectivity index (χ3n) is 4.79. The number of nitrogens with zero attached hydrogens (tertiary/aromatic N) is 1. The largest absolute Gasteiger partial charge is 0.396 e. The molecule has 0 amide bonds. The van der Waals surface area contributed by atoms with Gasteiger partial charge in [0.2, 0.25) is 0 Å². The fourth-order valence-electron chi connectivity index (χ4n) is 3.00. The van der Waals surface area contributed by atoms with Gasteiger partial charge >= 0.3 is 0 Å². The summed E-state index contributed by atoms with van der Waals surface area (Å²) in [7, 11) is 0. The second kappa shape index (κ2) is 4.63. The number of hydrogen-bond donors (Lipinski definition) is 2. The third-order valence-corrected chi connectivity index (χ3v) is 4.79. The van der Waals surface area contributed by atoms with Crippen molar-refractivity contribution in [1.29, 1.82) is 5.26 Å². The van der Waals surface area contributed by atoms with Crippen LogP contribution in [0.3, 0.4) is 0 Å². The molecule has 1 aromatic rings. The molecule has 3 heteroatoms. The van der Waals surface area contributed by atoms with Crippen molar-refractivity contribution in [2.24, 2.45) is 5.41 Å². The second-order valence-corrected chi connectivity index (χ2v) is 6.20. The monoisotopic (exact) mass is 256 g/mol. The van der Waals surface area contributed by atoms with E-state index in [-0.39, 0.29) is 17.4 Å². The van der Waals surface area contributed by atoms with Crippen LogP contribution < -0.4 is 5.32 Å². The third kappa shape index (κ3) is 2.27. The molecule has 19 heavy (non-hydrogen) atoms. The van der Waals surface area contributed by atoms with E-state index in [1.807, 2.05) is 18.2 Å². The highest BCUT2D eigenvalue weighted by molar-refractivity contribution is 5.36. The molecule has 2 aliphatic rings. The maximum atomic E-state index is 9.48. The Bertz CT molecular complexity index is 481. The van der Waals surface area contributed by atoms with Crippen LogP contribution in [0.25, 0.3) is 0 Å². The van der Waals surface area contributed by atoms with Crippen molar-refractivity contribution in [2.75, 3.05) is 13.2 Å². The number of rotatable bonds is 5. The summed E-state index contributed by atoms with van der Waals surface area (Å²) in [6.07, 6.45) is 4.03. The molecule has 0 spiro atoms. The first-order chi connectivity index (χ1) is 9.22. The summed E-state index contributed by atoms with van der Waals surface area (Å²) in [5.74, 6) is 0. The van der Waals surface area contributed by atoms with E-state index in [1.165, 1.54) is 0 Å². The van der Waals surface area contributed by atoms with Crippen molar-refractivity contribution < 1.29 is 5.11 Å². The highest BCUT2D eigenvalue weighted by atomic mass is 16.3. The quantitative estimate of drug-likeness (QED) is 0.847. The lowest BCUT2D eigenvalue weighted by Gasteiger charge is -2.44. The Kier molecular flexibility index (Phi) is 3.08. The van der Waals surface area contributed by atoms with Crippen LogP contribution in [0.15, 0.2) is 30.3 Å². The molecule has 2 saturated carbocycles. The summed E-state index contributed by atoms with van der Waals surface area (Å²) in [6, 6.07) is 13.0. The zero-order chi connectivity index (χ0) is 13.3. The Labute approximate surface area is 114 Å². The first-order valence-corrected chi connectivity index (χ1v) is 7.03. The maximum Gasteiger partial charge on any atom is 0.0852 e. The molecule has 2 fully saturated rings. The summed E-state index contributed by atoms with van der Waals surface area (Å²) in [6.45, 7) is 1.18. The van der Waals surface area contributed by atoms with Crippen LogP contribution in [-0.2, 0) is 5.41 Å². The van der Waals surface area contributed by atoms with E-state index < -0.39 is 0 Å². The SMILES string of the molecule is N#CC1(c2ccccc2)CC(NCC2(CO)CC2)C1. The lowest BCUT2D eigenvalue weighted by molar-refractivity contribution is 0.175. The minimum Gasteiger partial charge on any atom is -0.396 e. The van der Waals surface area contributed by atoms with Gasteiger partial charge in [0.15, 0.2) is 0 Å². The van der Waals surface area contributed by atoms with Gasteiger partial charge in [-0.2, -0.15) is 5.26 Å². The van der Waals surface area contributed by atoms with Crippen LogP contribution in [0.4, 0.5) is 0 Å². The molecule has 2 aliphatic carbocycles. The van der Waals surface area contributed by atoms with Gasteiger partial charge in [-0.05, 0) is 31.2 Å². The zero-order valence-electron chi connectivity index (χ0n) is 11.1. The average Bonchev–Trinajstić information content (AvgIpc) is 3.20. The number of aliphatic hydroxyl groups is 1. The van der Waals surface area contributed by atoms with Gasteiger partial charge in [0.05, 0.1) is 11.5 Å². The van der Waals surface area contributed by atoms with Gasteiger partial charge in [-0.1, -0.05) is 30.3 Å². The summed E-state index contributed by atoms with van der Waals surface area (Å²) in [5.41, 5.74) is 0.991. The normalized spacial score (nSPS) is 31.3. The highest BCUT2D eigenvalue weighted by Crippen LogP contribution is 2.47. The van der Waals surface area contributed by atoms with Crippen molar-refractivity contribution in [3.05, 3.63) is 35.9 Å². The molecule has 0 unspecified atom stereocenters. The molecule has 0 bridgehead atoms. The number of benzene rings is 1. The summed E-state index contributed by atoms with van der Waals surface area (Å²) in [4.78, 5) is 0. The molecule has 0 heterocycles. The molecular weight excluding hydrogens is 236 g/mol. The van der Waals surface area contributed by atoms with Crippen LogP contribution in [0.5, 0.6) is 0 Å². The van der Waals surface area contributed by atoms with Gasteiger partial charge in [0, 0.05) is 24.6 Å². The molecule has 3 nitrogen and oxygen atoms in total. The van der Waals surface area contributed by atoms with E-state index in [2.05, 4.69) is 23.5 Å². The van der Waals surface area contributed by atoms with E-state index in [1.54, 1.807) is 0 Å². The number of hydrogen-bond acceptors (Lipinski definition) is 3. The molecule has 0 radical (unpaired) electrons. The van der Waals surface area contributed by atoms with Gasteiger partial charge in [-0.25, -0.2) is 0 Å². The van der Waals surface area contributed by atoms with E-state index in [0.717, 1.165) is 37.8 Å². The van der Waals surface area contributed by atoms with E-state index in [0.29, 0.717) is 6.04 Å². The van der Waals surface area contributed by atoms with Gasteiger partial charge in [-0.3, -0.25) is 0 Å². The average molecular weight is 256 g/mol. The molecule has 0 aliphatic heterocycles. The summed E-state index contributed by atoms with van der Waals surface area (Å²) in [5, 5.41) is 22.3. The molecule has 3 rings (SSSR count). The van der Waals surface area contributed by atoms with Crippen LogP contribution in [0, 0.1) is 16.7 Å². The van der Waals surface area contributed by atoms with Crippen LogP contribution in [0.2, 0.25) is 0 Å². The molecule has 0 saturated heterocycles. The van der Waals surface area contributed by atoms with Crippen molar-refractivity contribution in [2.45, 2.75) is 37.1 Å². The first kappa shape index (κ1) is 12.7. The van der Waals surface area contributed by atoms with Crippen molar-refractivity contribution in [3.63, 3.8) is 0 Å². The lowest BCUT2D eigenvalue weighted by Crippen LogP contribution is -2.52. The number of nitrogens with one attached hydrogen (secondary N) is 1. The summed E-state index contributed by atoms with van der Waals surface area (Å²) >= 11 is 0. The molecule has 0 aromatic heterocycles. The maximum absolute atomic E-state index is 9.48. The van der Waals surface area contributed by atoms with E-state index in [4.69, 9.17) is 0 Å². The fourth-order valence-corrected chi connectivity index (χ4v) is 3.00. The Hall–Kier alpha value is -1.37. The molecule has 2 N–H and O–H groups in total. The Balaban J connectivity index is 1.57. The Morgan fingerprint density at radius 1 is 1.26 bits per heavy atom. The predicted molar refractivity (Wildman–Crippen MR) is 73.5 cm³/mol. The van der Waals surface area contributed by atoms with E-state index in [9.17, 15) is 10.4 Å². The lowest BCUT2D eigenvalue weighted by atomic mass is 9.62. The van der Waals surface area contributed by atoms with E-state index >= 15 is 0 Å². The second-order valence-electron chi connectivity index (χ2n) is 6.20. The molecular formula is C16H20N2O. The van der Waals surface area contributed by atoms with Gasteiger partial charge in [0.1, 0.15) is 0 Å². The zero-order valence-corrected chi connectivity index (χ0v) is 11.1. The van der Waals surface area contributed by atoms with Crippen molar-refractivity contribution in [3.8, 4) is 6.07 Å². The fraction of sp³-hybridized carbons (Fsp3) is 0.562. The Morgan fingerprint density at radius 3 is 2.47 bits per heavy atom. The van der Waals surface area contributed by atoms with Gasteiger partial charge in [-0.15, -0.1) is 0 Å². The molecule has 0 atom stereocenters. The predicted octanol–water partition coefficient (Wildman–Crippen LogP) is 1.97. The van der Waals surface area contributed by atoms with Gasteiger partial charge in [0.25, 0.3) is 0 Å².